The van der Waals surface area contributed by atoms with Crippen molar-refractivity contribution < 1.29 is 19.1 Å². The van der Waals surface area contributed by atoms with Gasteiger partial charge in [0.25, 0.3) is 0 Å². The Morgan fingerprint density at radius 3 is 2.83 bits per heavy atom. The summed E-state index contributed by atoms with van der Waals surface area (Å²) in [4.78, 5) is 1.60. The molecule has 2 heterocycles. The molecule has 3 atom stereocenters. The number of quaternary nitrogens is 1. The molecular weight excluding hydrogens is 230 g/mol. The first-order chi connectivity index (χ1) is 8.92. The molecule has 2 saturated heterocycles. The first-order valence-electron chi connectivity index (χ1n) is 7.25. The number of morpholine rings is 1. The van der Waals surface area contributed by atoms with Gasteiger partial charge in [-0.05, 0) is 19.3 Å². The van der Waals surface area contributed by atoms with E-state index in [9.17, 15) is 0 Å². The third-order valence-electron chi connectivity index (χ3n) is 4.18. The molecule has 0 bridgehead atoms. The Morgan fingerprint density at radius 1 is 1.17 bits per heavy atom. The van der Waals surface area contributed by atoms with Gasteiger partial charge in [-0.15, -0.1) is 0 Å². The highest BCUT2D eigenvalue weighted by molar-refractivity contribution is 4.91. The predicted molar refractivity (Wildman–Crippen MR) is 67.5 cm³/mol. The van der Waals surface area contributed by atoms with Crippen LogP contribution in [-0.2, 0) is 14.2 Å². The number of hydrogen-bond donors (Lipinski definition) is 1. The monoisotopic (exact) mass is 254 g/mol. The zero-order valence-electron chi connectivity index (χ0n) is 11.0. The van der Waals surface area contributed by atoms with Crippen molar-refractivity contribution in [3.8, 4) is 0 Å². The van der Waals surface area contributed by atoms with Crippen molar-refractivity contribution in [2.75, 3.05) is 39.5 Å². The van der Waals surface area contributed by atoms with Crippen LogP contribution in [0, 0.1) is 5.92 Å². The second kappa shape index (κ2) is 6.15. The molecule has 2 aliphatic heterocycles. The van der Waals surface area contributed by atoms with E-state index in [4.69, 9.17) is 14.2 Å². The predicted octanol–water partition coefficient (Wildman–Crippen LogP) is -0.000700. The summed E-state index contributed by atoms with van der Waals surface area (Å²) in [6.45, 7) is 5.84. The fourth-order valence-electron chi connectivity index (χ4n) is 3.08. The molecule has 18 heavy (non-hydrogen) atoms. The Labute approximate surface area is 109 Å². The second-order valence-electron chi connectivity index (χ2n) is 5.57. The van der Waals surface area contributed by atoms with Crippen LogP contribution in [0.25, 0.3) is 0 Å². The summed E-state index contributed by atoms with van der Waals surface area (Å²) < 4.78 is 17.3. The third kappa shape index (κ3) is 3.12. The van der Waals surface area contributed by atoms with E-state index in [2.05, 4.69) is 12.2 Å². The summed E-state index contributed by atoms with van der Waals surface area (Å²) in [5.74, 6) is 0.569. The quantitative estimate of drug-likeness (QED) is 0.720. The number of ether oxygens (including phenoxy) is 3. The Bertz CT molecular complexity index is 289. The molecule has 0 spiro atoms. The van der Waals surface area contributed by atoms with Crippen LogP contribution in [-0.4, -0.2) is 51.8 Å². The summed E-state index contributed by atoms with van der Waals surface area (Å²) in [5, 5.41) is 0. The Morgan fingerprint density at radius 2 is 2.06 bits per heavy atom. The van der Waals surface area contributed by atoms with E-state index >= 15 is 0 Å². The van der Waals surface area contributed by atoms with Gasteiger partial charge in [-0.2, -0.15) is 0 Å². The molecule has 0 saturated carbocycles. The summed E-state index contributed by atoms with van der Waals surface area (Å²) in [5.41, 5.74) is 0. The van der Waals surface area contributed by atoms with Gasteiger partial charge < -0.3 is 19.1 Å². The molecular formula is C14H24NO3+. The molecule has 4 nitrogen and oxygen atoms in total. The topological polar surface area (TPSA) is 32.1 Å². The summed E-state index contributed by atoms with van der Waals surface area (Å²) >= 11 is 0. The number of nitrogens with one attached hydrogen (secondary N) is 1. The van der Waals surface area contributed by atoms with Crippen molar-refractivity contribution in [3.05, 3.63) is 12.2 Å². The minimum Gasteiger partial charge on any atom is -0.370 e. The lowest BCUT2D eigenvalue weighted by molar-refractivity contribution is -0.910. The van der Waals surface area contributed by atoms with Crippen molar-refractivity contribution in [1.82, 2.24) is 0 Å². The van der Waals surface area contributed by atoms with Gasteiger partial charge in [0.2, 0.25) is 0 Å². The van der Waals surface area contributed by atoms with Gasteiger partial charge in [-0.25, -0.2) is 0 Å². The zero-order valence-corrected chi connectivity index (χ0v) is 11.0. The van der Waals surface area contributed by atoms with E-state index < -0.39 is 0 Å². The minimum absolute atomic E-state index is 0.0420. The molecule has 0 unspecified atom stereocenters. The Balaban J connectivity index is 1.44. The lowest BCUT2D eigenvalue weighted by atomic mass is 9.94. The SMILES string of the molecule is C1=CC[C@@H]([C@@H]2OC[C@H](C[NH+]3CCOCC3)O2)CC1. The van der Waals surface area contributed by atoms with E-state index in [0.29, 0.717) is 5.92 Å². The molecule has 0 aromatic heterocycles. The van der Waals surface area contributed by atoms with E-state index in [1.165, 1.54) is 12.8 Å². The summed E-state index contributed by atoms with van der Waals surface area (Å²) in [6.07, 6.45) is 8.35. The highest BCUT2D eigenvalue weighted by Crippen LogP contribution is 2.28. The van der Waals surface area contributed by atoms with Gasteiger partial charge in [-0.3, -0.25) is 0 Å². The van der Waals surface area contributed by atoms with Gasteiger partial charge in [0, 0.05) is 5.92 Å². The van der Waals surface area contributed by atoms with Gasteiger partial charge in [0.1, 0.15) is 25.7 Å². The Kier molecular flexibility index (Phi) is 4.31. The molecule has 2 fully saturated rings. The largest absolute Gasteiger partial charge is 0.370 e. The van der Waals surface area contributed by atoms with Crippen LogP contribution in [0.5, 0.6) is 0 Å². The smallest absolute Gasteiger partial charge is 0.161 e. The number of rotatable bonds is 3. The van der Waals surface area contributed by atoms with Crippen LogP contribution in [0.3, 0.4) is 0 Å². The van der Waals surface area contributed by atoms with Crippen LogP contribution in [0.1, 0.15) is 19.3 Å². The molecule has 0 aromatic rings. The maximum absolute atomic E-state index is 6.09. The first-order valence-corrected chi connectivity index (χ1v) is 7.25. The number of hydrogen-bond acceptors (Lipinski definition) is 3. The van der Waals surface area contributed by atoms with Crippen molar-refractivity contribution in [3.63, 3.8) is 0 Å². The van der Waals surface area contributed by atoms with Crippen LogP contribution < -0.4 is 4.90 Å². The standard InChI is InChI=1S/C14H23NO3/c1-2-4-12(5-3-1)14-17-11-13(18-14)10-15-6-8-16-9-7-15/h1-2,12-14H,3-11H2/p+1/t12-,13+,14-/m1/s1. The summed E-state index contributed by atoms with van der Waals surface area (Å²) in [6, 6.07) is 0. The molecule has 102 valence electrons. The second-order valence-corrected chi connectivity index (χ2v) is 5.57. The van der Waals surface area contributed by atoms with Crippen LogP contribution in [0.4, 0.5) is 0 Å². The third-order valence-corrected chi connectivity index (χ3v) is 4.18. The average molecular weight is 254 g/mol. The normalized spacial score (nSPS) is 38.1. The molecule has 1 aliphatic carbocycles. The lowest BCUT2D eigenvalue weighted by Crippen LogP contribution is -3.15. The zero-order chi connectivity index (χ0) is 12.2. The molecule has 0 aromatic carbocycles. The van der Waals surface area contributed by atoms with Crippen molar-refractivity contribution in [2.24, 2.45) is 5.92 Å². The average Bonchev–Trinajstić information content (AvgIpc) is 2.89. The molecule has 1 N–H and O–H groups in total. The van der Waals surface area contributed by atoms with Gasteiger partial charge in [0.15, 0.2) is 6.29 Å². The fourth-order valence-corrected chi connectivity index (χ4v) is 3.08. The van der Waals surface area contributed by atoms with Crippen LogP contribution >= 0.6 is 0 Å². The van der Waals surface area contributed by atoms with Crippen LogP contribution in [0.15, 0.2) is 12.2 Å². The molecule has 4 heteroatoms. The number of allylic oxidation sites excluding steroid dienone is 2. The van der Waals surface area contributed by atoms with Crippen LogP contribution in [0.2, 0.25) is 0 Å². The highest BCUT2D eigenvalue weighted by atomic mass is 16.7. The molecule has 3 rings (SSSR count). The van der Waals surface area contributed by atoms with Gasteiger partial charge >= 0.3 is 0 Å². The van der Waals surface area contributed by atoms with E-state index in [1.807, 2.05) is 0 Å². The fraction of sp³-hybridized carbons (Fsp3) is 0.857. The van der Waals surface area contributed by atoms with Gasteiger partial charge in [-0.1, -0.05) is 12.2 Å². The van der Waals surface area contributed by atoms with E-state index in [1.54, 1.807) is 4.90 Å². The maximum atomic E-state index is 6.09. The first kappa shape index (κ1) is 12.6. The van der Waals surface area contributed by atoms with Crippen molar-refractivity contribution >= 4 is 0 Å². The van der Waals surface area contributed by atoms with Crippen molar-refractivity contribution in [1.29, 1.82) is 0 Å². The van der Waals surface area contributed by atoms with E-state index in [-0.39, 0.29) is 12.4 Å². The minimum atomic E-state index is 0.0420. The Hall–Kier alpha value is -0.420. The molecule has 0 amide bonds. The lowest BCUT2D eigenvalue weighted by Gasteiger charge is -2.26. The van der Waals surface area contributed by atoms with Gasteiger partial charge in [0.05, 0.1) is 19.8 Å². The van der Waals surface area contributed by atoms with Crippen molar-refractivity contribution in [2.45, 2.75) is 31.7 Å². The summed E-state index contributed by atoms with van der Waals surface area (Å²) in [7, 11) is 0. The highest BCUT2D eigenvalue weighted by Gasteiger charge is 2.34. The molecule has 0 radical (unpaired) electrons. The van der Waals surface area contributed by atoms with E-state index in [0.717, 1.165) is 45.9 Å². The maximum Gasteiger partial charge on any atom is 0.161 e. The molecule has 3 aliphatic rings.